The zero-order valence-corrected chi connectivity index (χ0v) is 12.9. The van der Waals surface area contributed by atoms with Crippen LogP contribution in [0.15, 0.2) is 63.4 Å². The Kier molecular flexibility index (Phi) is 3.39. The minimum absolute atomic E-state index is 0.0263. The van der Waals surface area contributed by atoms with Crippen LogP contribution < -0.4 is 11.2 Å². The number of aromatic hydroxyl groups is 1. The highest BCUT2D eigenvalue weighted by Crippen LogP contribution is 2.32. The Morgan fingerprint density at radius 2 is 1.96 bits per heavy atom. The van der Waals surface area contributed by atoms with Gasteiger partial charge in [0.05, 0.1) is 17.6 Å². The number of benzene rings is 1. The molecule has 0 saturated heterocycles. The quantitative estimate of drug-likeness (QED) is 0.748. The van der Waals surface area contributed by atoms with Crippen molar-refractivity contribution >= 4 is 23.6 Å². The molecule has 0 amide bonds. The van der Waals surface area contributed by atoms with Crippen molar-refractivity contribution in [1.29, 1.82) is 0 Å². The second kappa shape index (κ2) is 5.72. The summed E-state index contributed by atoms with van der Waals surface area (Å²) in [6.45, 7) is 0. The summed E-state index contributed by atoms with van der Waals surface area (Å²) in [4.78, 5) is 34.7. The van der Waals surface area contributed by atoms with E-state index >= 15 is 0 Å². The minimum atomic E-state index is -0.738. The third kappa shape index (κ3) is 2.47. The molecular formula is C18H12N4O3. The molecule has 25 heavy (non-hydrogen) atoms. The van der Waals surface area contributed by atoms with Gasteiger partial charge >= 0.3 is 5.69 Å². The highest BCUT2D eigenvalue weighted by atomic mass is 16.3. The standard InChI is InChI=1S/C18H12N4O3/c23-16-14(8-11-9-20-15-6-2-1-5-13(11)15)17(24)22(18(25)21-16)12-4-3-7-19-10-12/h1-10,24H,(H,21,23,25)/b11-8+. The van der Waals surface area contributed by atoms with Gasteiger partial charge in [0.1, 0.15) is 5.56 Å². The maximum absolute atomic E-state index is 12.2. The van der Waals surface area contributed by atoms with E-state index in [4.69, 9.17) is 0 Å². The van der Waals surface area contributed by atoms with Gasteiger partial charge in [-0.15, -0.1) is 0 Å². The molecule has 0 aliphatic carbocycles. The second-order valence-electron chi connectivity index (χ2n) is 5.42. The number of hydrogen-bond acceptors (Lipinski definition) is 5. The van der Waals surface area contributed by atoms with E-state index < -0.39 is 17.1 Å². The Morgan fingerprint density at radius 3 is 2.76 bits per heavy atom. The van der Waals surface area contributed by atoms with Gasteiger partial charge in [-0.3, -0.25) is 19.8 Å². The molecule has 2 aromatic heterocycles. The number of nitrogens with one attached hydrogen (secondary N) is 1. The number of aromatic amines is 1. The molecule has 0 atom stereocenters. The van der Waals surface area contributed by atoms with Crippen molar-refractivity contribution in [2.75, 3.05) is 0 Å². The van der Waals surface area contributed by atoms with Crippen molar-refractivity contribution in [3.8, 4) is 11.6 Å². The number of rotatable bonds is 2. The minimum Gasteiger partial charge on any atom is -0.494 e. The molecule has 0 fully saturated rings. The smallest absolute Gasteiger partial charge is 0.335 e. The SMILES string of the molecule is O=c1[nH]c(=O)n(-c2cccnc2)c(O)c1/C=C1\C=Nc2ccccc21. The fraction of sp³-hybridized carbons (Fsp3) is 0. The van der Waals surface area contributed by atoms with E-state index in [0.29, 0.717) is 11.3 Å². The molecule has 1 aromatic carbocycles. The van der Waals surface area contributed by atoms with Crippen LogP contribution in [0.3, 0.4) is 0 Å². The number of para-hydroxylation sites is 1. The third-order valence-corrected chi connectivity index (χ3v) is 3.88. The van der Waals surface area contributed by atoms with Crippen LogP contribution in [0, 0.1) is 0 Å². The molecule has 3 aromatic rings. The highest BCUT2D eigenvalue weighted by Gasteiger charge is 2.17. The van der Waals surface area contributed by atoms with Gasteiger partial charge < -0.3 is 5.11 Å². The maximum Gasteiger partial charge on any atom is 0.335 e. The summed E-state index contributed by atoms with van der Waals surface area (Å²) in [5.74, 6) is -0.452. The topological polar surface area (TPSA) is 100 Å². The van der Waals surface area contributed by atoms with Crippen LogP contribution in [0.1, 0.15) is 11.1 Å². The van der Waals surface area contributed by atoms with E-state index in [1.807, 2.05) is 24.3 Å². The summed E-state index contributed by atoms with van der Waals surface area (Å²) in [6, 6.07) is 10.7. The summed E-state index contributed by atoms with van der Waals surface area (Å²) in [7, 11) is 0. The Labute approximate surface area is 141 Å². The predicted molar refractivity (Wildman–Crippen MR) is 94.6 cm³/mol. The molecule has 0 bridgehead atoms. The molecule has 122 valence electrons. The van der Waals surface area contributed by atoms with Crippen molar-refractivity contribution in [3.63, 3.8) is 0 Å². The monoisotopic (exact) mass is 332 g/mol. The number of aromatic nitrogens is 3. The van der Waals surface area contributed by atoms with Crippen LogP contribution in [0.4, 0.5) is 5.69 Å². The van der Waals surface area contributed by atoms with Gasteiger partial charge in [0.25, 0.3) is 5.56 Å². The first-order chi connectivity index (χ1) is 12.1. The molecule has 0 spiro atoms. The number of hydrogen-bond donors (Lipinski definition) is 2. The number of allylic oxidation sites excluding steroid dienone is 1. The zero-order chi connectivity index (χ0) is 17.4. The molecule has 3 heterocycles. The summed E-state index contributed by atoms with van der Waals surface area (Å²) < 4.78 is 0.999. The van der Waals surface area contributed by atoms with Gasteiger partial charge in [0, 0.05) is 23.5 Å². The summed E-state index contributed by atoms with van der Waals surface area (Å²) in [5.41, 5.74) is 1.22. The fourth-order valence-electron chi connectivity index (χ4n) is 2.70. The Hall–Kier alpha value is -3.74. The first kappa shape index (κ1) is 14.8. The second-order valence-corrected chi connectivity index (χ2v) is 5.42. The van der Waals surface area contributed by atoms with E-state index in [1.54, 1.807) is 24.5 Å². The first-order valence-electron chi connectivity index (χ1n) is 7.49. The lowest BCUT2D eigenvalue weighted by atomic mass is 10.1. The summed E-state index contributed by atoms with van der Waals surface area (Å²) in [5, 5.41) is 10.5. The molecule has 0 radical (unpaired) electrons. The van der Waals surface area contributed by atoms with E-state index in [-0.39, 0.29) is 5.56 Å². The fourth-order valence-corrected chi connectivity index (χ4v) is 2.70. The lowest BCUT2D eigenvalue weighted by Gasteiger charge is -2.09. The highest BCUT2D eigenvalue weighted by molar-refractivity contribution is 6.21. The van der Waals surface area contributed by atoms with Gasteiger partial charge in [0.15, 0.2) is 0 Å². The van der Waals surface area contributed by atoms with E-state index in [0.717, 1.165) is 15.8 Å². The molecule has 0 saturated carbocycles. The Bertz CT molecular complexity index is 1140. The van der Waals surface area contributed by atoms with Gasteiger partial charge in [-0.25, -0.2) is 9.36 Å². The van der Waals surface area contributed by atoms with E-state index in [1.165, 1.54) is 12.3 Å². The Balaban J connectivity index is 1.93. The van der Waals surface area contributed by atoms with E-state index in [9.17, 15) is 14.7 Å². The summed E-state index contributed by atoms with van der Waals surface area (Å²) >= 11 is 0. The number of nitrogens with zero attached hydrogens (tertiary/aromatic N) is 3. The van der Waals surface area contributed by atoms with Crippen LogP contribution >= 0.6 is 0 Å². The normalized spacial score (nSPS) is 14.0. The van der Waals surface area contributed by atoms with Gasteiger partial charge in [0.2, 0.25) is 5.88 Å². The molecular weight excluding hydrogens is 320 g/mol. The van der Waals surface area contributed by atoms with Crippen molar-refractivity contribution in [2.45, 2.75) is 0 Å². The largest absolute Gasteiger partial charge is 0.494 e. The number of pyridine rings is 1. The summed E-state index contributed by atoms with van der Waals surface area (Å²) in [6.07, 6.45) is 6.09. The predicted octanol–water partition coefficient (Wildman–Crippen LogP) is 1.88. The van der Waals surface area contributed by atoms with E-state index in [2.05, 4.69) is 15.0 Å². The lowest BCUT2D eigenvalue weighted by Crippen LogP contribution is -2.30. The van der Waals surface area contributed by atoms with Crippen LogP contribution in [-0.2, 0) is 0 Å². The van der Waals surface area contributed by atoms with Crippen LogP contribution in [0.25, 0.3) is 17.3 Å². The van der Waals surface area contributed by atoms with Crippen molar-refractivity contribution in [1.82, 2.24) is 14.5 Å². The zero-order valence-electron chi connectivity index (χ0n) is 12.9. The van der Waals surface area contributed by atoms with Crippen molar-refractivity contribution in [3.05, 3.63) is 80.8 Å². The molecule has 7 nitrogen and oxygen atoms in total. The van der Waals surface area contributed by atoms with Crippen LogP contribution in [0.5, 0.6) is 5.88 Å². The number of aliphatic imine (C=N–C) groups is 1. The first-order valence-corrected chi connectivity index (χ1v) is 7.49. The molecule has 0 unspecified atom stereocenters. The molecule has 1 aliphatic rings. The molecule has 4 rings (SSSR count). The van der Waals surface area contributed by atoms with Gasteiger partial charge in [-0.05, 0) is 24.3 Å². The molecule has 1 aliphatic heterocycles. The third-order valence-electron chi connectivity index (χ3n) is 3.88. The molecule has 2 N–H and O–H groups in total. The van der Waals surface area contributed by atoms with Crippen LogP contribution in [-0.4, -0.2) is 25.9 Å². The number of fused-ring (bicyclic) bond motifs is 1. The lowest BCUT2D eigenvalue weighted by molar-refractivity contribution is 0.429. The average molecular weight is 332 g/mol. The molecule has 7 heteroatoms. The average Bonchev–Trinajstić information content (AvgIpc) is 3.02. The van der Waals surface area contributed by atoms with Crippen molar-refractivity contribution in [2.24, 2.45) is 4.99 Å². The van der Waals surface area contributed by atoms with Crippen LogP contribution in [0.2, 0.25) is 0 Å². The Morgan fingerprint density at radius 1 is 1.12 bits per heavy atom. The van der Waals surface area contributed by atoms with Crippen molar-refractivity contribution < 1.29 is 5.11 Å². The number of H-pyrrole nitrogens is 1. The van der Waals surface area contributed by atoms with Gasteiger partial charge in [-0.2, -0.15) is 0 Å². The van der Waals surface area contributed by atoms with Gasteiger partial charge in [-0.1, -0.05) is 18.2 Å². The maximum atomic E-state index is 12.2.